The van der Waals surface area contributed by atoms with Crippen molar-refractivity contribution in [1.29, 1.82) is 0 Å². The molecular formula is C53H60BF2N13O12P2S. The molecule has 10 atom stereocenters. The van der Waals surface area contributed by atoms with E-state index in [2.05, 4.69) is 48.0 Å². The first-order chi connectivity index (χ1) is 40.8. The predicted molar refractivity (Wildman–Crippen MR) is 308 cm³/mol. The summed E-state index contributed by atoms with van der Waals surface area (Å²) >= 11 is 0.772. The molecule has 3 fully saturated rings. The second-order valence-corrected chi connectivity index (χ2v) is 26.3. The fourth-order valence-electron chi connectivity index (χ4n) is 10.6. The zero-order valence-corrected chi connectivity index (χ0v) is 48.2. The van der Waals surface area contributed by atoms with Crippen LogP contribution >= 0.6 is 25.7 Å². The molecule has 6 N–H and O–H groups in total. The lowest BCUT2D eigenvalue weighted by molar-refractivity contribution is -0.118. The highest BCUT2D eigenvalue weighted by atomic mass is 32.7. The number of ether oxygens (including phenoxy) is 5. The molecule has 3 saturated heterocycles. The Labute approximate surface area is 485 Å². The van der Waals surface area contributed by atoms with Crippen LogP contribution in [0.2, 0.25) is 0 Å². The topological polar surface area (TPSA) is 291 Å². The van der Waals surface area contributed by atoms with Crippen LogP contribution in [-0.4, -0.2) is 142 Å². The summed E-state index contributed by atoms with van der Waals surface area (Å²) in [7, 11) is -3.05. The Hall–Kier alpha value is -6.43. The normalized spacial score (nSPS) is 27.0. The molecule has 1 amide bonds. The Morgan fingerprint density at radius 2 is 1.40 bits per heavy atom. The van der Waals surface area contributed by atoms with Crippen LogP contribution in [0.4, 0.5) is 26.0 Å². The Bertz CT molecular complexity index is 3670. The van der Waals surface area contributed by atoms with E-state index < -0.39 is 76.7 Å². The van der Waals surface area contributed by atoms with Gasteiger partial charge >= 0.3 is 6.80 Å². The highest BCUT2D eigenvalue weighted by molar-refractivity contribution is 8.54. The van der Waals surface area contributed by atoms with Crippen molar-refractivity contribution in [2.45, 2.75) is 81.5 Å². The van der Waals surface area contributed by atoms with E-state index in [1.807, 2.05) is 77.5 Å². The molecule has 0 aliphatic carbocycles. The van der Waals surface area contributed by atoms with Crippen LogP contribution in [0.15, 0.2) is 104 Å². The number of aromatic nitrogens is 7. The molecule has 0 spiro atoms. The third-order valence-electron chi connectivity index (χ3n) is 14.8. The van der Waals surface area contributed by atoms with E-state index in [9.17, 15) is 9.36 Å². The predicted octanol–water partition coefficient (Wildman–Crippen LogP) is 6.16. The number of hydrazine groups is 2. The van der Waals surface area contributed by atoms with E-state index in [1.54, 1.807) is 6.07 Å². The number of hydrogen-bond acceptors (Lipinski definition) is 23. The standard InChI is InChI=1S/C53H60BF2N13O12P2S/c1-2-40(70)66-23-33-7-3-4-8-34(33)43-46(35-9-5-6-10-37(35)66)69(65-64-43)17-18-73-19-20-74-21-22-75-24-31-11-13-32(14-12-31)27-84-83(72)77-26-39-47(41(55)52(79-39)68-30-63-45-49(58)60-28-61-51(45)68)80-82(54,71)76-25-38-48(81-83)42(56)53(78-38)67-29-62-44-36(57)15-16-59-50(44)67/h3-16,28-30,38-39,41-42,47-48,52-53,64-65H,2,17-27,54H2,1H3,(H2,57,59)(H2,58,60,61)/t38-,39-,41-,42-,47-,48-,52-,53-,82+,83-/m1/s1. The van der Waals surface area contributed by atoms with Crippen molar-refractivity contribution in [1.82, 2.24) is 50.0 Å². The van der Waals surface area contributed by atoms with Gasteiger partial charge < -0.3 is 54.5 Å². The maximum absolute atomic E-state index is 17.0. The number of halogens is 2. The number of carbonyl (C=O) groups is 1. The van der Waals surface area contributed by atoms with E-state index >= 15 is 13.3 Å². The first-order valence-corrected chi connectivity index (χ1v) is 32.3. The van der Waals surface area contributed by atoms with Crippen molar-refractivity contribution in [3.63, 3.8) is 0 Å². The molecule has 3 aromatic carbocycles. The fourth-order valence-corrected chi connectivity index (χ4v) is 15.1. The van der Waals surface area contributed by atoms with Crippen molar-refractivity contribution in [2.24, 2.45) is 0 Å². The molecule has 442 valence electrons. The number of benzene rings is 3. The van der Waals surface area contributed by atoms with Crippen molar-refractivity contribution < 1.29 is 64.5 Å². The number of para-hydroxylation sites is 1. The second-order valence-electron chi connectivity index (χ2n) is 20.3. The number of rotatable bonds is 17. The Morgan fingerprint density at radius 3 is 2.15 bits per heavy atom. The summed E-state index contributed by atoms with van der Waals surface area (Å²) in [5.41, 5.74) is 27.2. The first-order valence-electron chi connectivity index (χ1n) is 27.2. The molecule has 7 aromatic rings. The molecule has 9 heterocycles. The number of imidazole rings is 2. The zero-order valence-electron chi connectivity index (χ0n) is 45.6. The van der Waals surface area contributed by atoms with Crippen LogP contribution in [-0.2, 0) is 74.6 Å². The van der Waals surface area contributed by atoms with E-state index in [0.29, 0.717) is 69.3 Å². The lowest BCUT2D eigenvalue weighted by Gasteiger charge is -2.30. The van der Waals surface area contributed by atoms with Gasteiger partial charge in [-0.2, -0.15) is 0 Å². The quantitative estimate of drug-likeness (QED) is 0.0451. The zero-order chi connectivity index (χ0) is 58.1. The number of fused-ring (bicyclic) bond motifs is 8. The molecule has 4 aromatic heterocycles. The largest absolute Gasteiger partial charge is 0.397 e. The summed E-state index contributed by atoms with van der Waals surface area (Å²) in [5, 5.41) is 2.01. The number of anilines is 3. The molecule has 31 heteroatoms. The number of nitrogen functional groups attached to an aromatic ring is 2. The molecule has 25 nitrogen and oxygen atoms in total. The van der Waals surface area contributed by atoms with Crippen LogP contribution < -0.4 is 27.3 Å². The Morgan fingerprint density at radius 1 is 0.762 bits per heavy atom. The molecular weight excluding hydrogens is 1150 g/mol. The van der Waals surface area contributed by atoms with Gasteiger partial charge in [0.25, 0.3) is 15.0 Å². The van der Waals surface area contributed by atoms with Gasteiger partial charge in [0.2, 0.25) is 5.91 Å². The summed E-state index contributed by atoms with van der Waals surface area (Å²) in [6, 6.07) is 25.0. The SMILES string of the molecule is B[P@]1(=O)OC[C@H]2O[C@@H](n3cnc4c(N)ccnc43)[C@H](F)[C@@H]2O[P@](=O)(SCc2ccc(COCCOCCOCCN3NNC4=C3c3ccccc3N(C(=O)CC)Cc3ccccc34)cc2)OC[C@H]2O[C@@H](n3cnc4c(N)ncnc43)[C@H](F)[C@@H]2O1. The van der Waals surface area contributed by atoms with Crippen molar-refractivity contribution in [3.05, 3.63) is 132 Å². The Balaban J connectivity index is 0.653. The van der Waals surface area contributed by atoms with E-state index in [0.717, 1.165) is 58.3 Å². The average Bonchev–Trinajstić information content (AvgIpc) is 2.24. The highest BCUT2D eigenvalue weighted by Crippen LogP contribution is 2.65. The molecule has 12 rings (SSSR count). The van der Waals surface area contributed by atoms with Gasteiger partial charge in [-0.1, -0.05) is 73.7 Å². The van der Waals surface area contributed by atoms with Crippen LogP contribution in [0.25, 0.3) is 33.7 Å². The van der Waals surface area contributed by atoms with Gasteiger partial charge in [-0.15, -0.1) is 5.53 Å². The summed E-state index contributed by atoms with van der Waals surface area (Å²) < 4.78 is 120. The van der Waals surface area contributed by atoms with Gasteiger partial charge in [0.15, 0.2) is 41.9 Å². The molecule has 84 heavy (non-hydrogen) atoms. The van der Waals surface area contributed by atoms with Crippen molar-refractivity contribution in [3.8, 4) is 0 Å². The maximum Gasteiger partial charge on any atom is 0.389 e. The number of alkyl halides is 2. The minimum Gasteiger partial charge on any atom is -0.397 e. The van der Waals surface area contributed by atoms with E-state index in [4.69, 9.17) is 53.2 Å². The third kappa shape index (κ3) is 11.9. The monoisotopic (exact) mass is 1210 g/mol. The molecule has 0 bridgehead atoms. The first kappa shape index (κ1) is 58.0. The van der Waals surface area contributed by atoms with Gasteiger partial charge in [0.1, 0.15) is 41.8 Å². The number of hydrogen-bond donors (Lipinski definition) is 4. The number of nitrogens with one attached hydrogen (secondary N) is 2. The minimum absolute atomic E-state index is 0.0437. The molecule has 0 radical (unpaired) electrons. The van der Waals surface area contributed by atoms with E-state index in [1.165, 1.54) is 34.3 Å². The summed E-state index contributed by atoms with van der Waals surface area (Å²) in [6.07, 6.45) is -7.34. The van der Waals surface area contributed by atoms with Crippen LogP contribution in [0.1, 0.15) is 53.6 Å². The summed E-state index contributed by atoms with van der Waals surface area (Å²) in [5.74, 6) is 0.148. The summed E-state index contributed by atoms with van der Waals surface area (Å²) in [6.45, 7) is -0.795. The third-order valence-corrected chi connectivity index (χ3v) is 19.7. The van der Waals surface area contributed by atoms with Gasteiger partial charge in [-0.3, -0.25) is 32.6 Å². The van der Waals surface area contributed by atoms with Crippen LogP contribution in [0.5, 0.6) is 0 Å². The molecule has 0 unspecified atom stereocenters. The van der Waals surface area contributed by atoms with Gasteiger partial charge in [-0.25, -0.2) is 38.3 Å². The summed E-state index contributed by atoms with van der Waals surface area (Å²) in [4.78, 5) is 36.1. The minimum atomic E-state index is -4.48. The van der Waals surface area contributed by atoms with Gasteiger partial charge in [0, 0.05) is 29.5 Å². The highest BCUT2D eigenvalue weighted by Gasteiger charge is 2.55. The average molecular weight is 1210 g/mol. The van der Waals surface area contributed by atoms with Crippen LogP contribution in [0, 0.1) is 0 Å². The molecule has 0 saturated carbocycles. The Kier molecular flexibility index (Phi) is 17.2. The van der Waals surface area contributed by atoms with Gasteiger partial charge in [0.05, 0.1) is 101 Å². The molecule has 5 aliphatic rings. The maximum atomic E-state index is 17.0. The number of nitrogens with zero attached hydrogens (tertiary/aromatic N) is 9. The number of carbonyl (C=O) groups excluding carboxylic acids is 1. The molecule has 5 aliphatic heterocycles. The van der Waals surface area contributed by atoms with Crippen molar-refractivity contribution >= 4 is 90.0 Å². The number of amides is 1. The second kappa shape index (κ2) is 24.9. The lowest BCUT2D eigenvalue weighted by Crippen LogP contribution is -2.39. The number of pyridine rings is 1. The van der Waals surface area contributed by atoms with Crippen LogP contribution in [0.3, 0.4) is 0 Å². The lowest BCUT2D eigenvalue weighted by atomic mass is 9.96. The van der Waals surface area contributed by atoms with E-state index in [-0.39, 0.29) is 40.9 Å². The van der Waals surface area contributed by atoms with Crippen molar-refractivity contribution in [2.75, 3.05) is 69.2 Å². The number of nitrogens with two attached hydrogens (primary N) is 2. The smallest absolute Gasteiger partial charge is 0.389 e. The van der Waals surface area contributed by atoms with Gasteiger partial charge in [-0.05, 0) is 40.2 Å². The fraction of sp³-hybridized carbons (Fsp3) is 0.396.